The predicted molar refractivity (Wildman–Crippen MR) is 89.1 cm³/mol. The van der Waals surface area contributed by atoms with Crippen LogP contribution in [0.1, 0.15) is 25.0 Å². The number of fused-ring (bicyclic) bond motifs is 1. The van der Waals surface area contributed by atoms with E-state index in [2.05, 4.69) is 15.3 Å². The lowest BCUT2D eigenvalue weighted by atomic mass is 10.0. The number of benzene rings is 1. The molecule has 0 saturated carbocycles. The maximum atomic E-state index is 11.9. The van der Waals surface area contributed by atoms with E-state index < -0.39 is 0 Å². The predicted octanol–water partition coefficient (Wildman–Crippen LogP) is 1.93. The standard InChI is InChI=1S/C18H21N3O3/c1-18(2)8-14-4-3-5-15(17(14)24-18)23-11-16(22)21-7-6-13-9-19-12-20-10-13/h3-5,9-10,12H,6-8,11H2,1-2H3,(H,21,22). The first-order chi connectivity index (χ1) is 11.5. The molecule has 2 aromatic rings. The normalized spacial score (nSPS) is 14.6. The first kappa shape index (κ1) is 16.2. The molecular weight excluding hydrogens is 306 g/mol. The average molecular weight is 327 g/mol. The third kappa shape index (κ3) is 4.01. The molecule has 1 aliphatic heterocycles. The minimum Gasteiger partial charge on any atom is -0.483 e. The van der Waals surface area contributed by atoms with Gasteiger partial charge in [-0.05, 0) is 31.9 Å². The van der Waals surface area contributed by atoms with E-state index in [-0.39, 0.29) is 18.1 Å². The zero-order valence-corrected chi connectivity index (χ0v) is 13.9. The number of hydrogen-bond donors (Lipinski definition) is 1. The van der Waals surface area contributed by atoms with E-state index in [1.54, 1.807) is 12.4 Å². The van der Waals surface area contributed by atoms with Gasteiger partial charge < -0.3 is 14.8 Å². The first-order valence-electron chi connectivity index (χ1n) is 7.98. The second-order valence-corrected chi connectivity index (χ2v) is 6.42. The molecule has 3 rings (SSSR count). The van der Waals surface area contributed by atoms with Crippen molar-refractivity contribution < 1.29 is 14.3 Å². The number of ether oxygens (including phenoxy) is 2. The van der Waals surface area contributed by atoms with Crippen molar-refractivity contribution in [3.63, 3.8) is 0 Å². The van der Waals surface area contributed by atoms with Gasteiger partial charge in [-0.3, -0.25) is 4.79 Å². The van der Waals surface area contributed by atoms with Crippen LogP contribution in [0, 0.1) is 0 Å². The number of hydrogen-bond acceptors (Lipinski definition) is 5. The summed E-state index contributed by atoms with van der Waals surface area (Å²) in [5, 5.41) is 2.83. The Morgan fingerprint density at radius 1 is 1.33 bits per heavy atom. The van der Waals surface area contributed by atoms with E-state index in [4.69, 9.17) is 9.47 Å². The molecule has 0 atom stereocenters. The molecule has 0 spiro atoms. The molecule has 0 fully saturated rings. The van der Waals surface area contributed by atoms with E-state index in [9.17, 15) is 4.79 Å². The third-order valence-electron chi connectivity index (χ3n) is 3.76. The number of amides is 1. The van der Waals surface area contributed by atoms with Crippen molar-refractivity contribution in [1.82, 2.24) is 15.3 Å². The Morgan fingerprint density at radius 2 is 2.12 bits per heavy atom. The molecule has 0 bridgehead atoms. The van der Waals surface area contributed by atoms with Crippen LogP contribution in [0.2, 0.25) is 0 Å². The molecule has 1 N–H and O–H groups in total. The highest BCUT2D eigenvalue weighted by atomic mass is 16.5. The van der Waals surface area contributed by atoms with Crippen LogP contribution >= 0.6 is 0 Å². The van der Waals surface area contributed by atoms with Crippen LogP contribution in [-0.4, -0.2) is 34.6 Å². The number of carbonyl (C=O) groups excluding carboxylic acids is 1. The van der Waals surface area contributed by atoms with Crippen LogP contribution in [0.25, 0.3) is 0 Å². The maximum Gasteiger partial charge on any atom is 0.257 e. The van der Waals surface area contributed by atoms with E-state index in [1.165, 1.54) is 6.33 Å². The Balaban J connectivity index is 1.48. The van der Waals surface area contributed by atoms with E-state index in [1.807, 2.05) is 32.0 Å². The lowest BCUT2D eigenvalue weighted by Crippen LogP contribution is -2.30. The number of carbonyl (C=O) groups is 1. The summed E-state index contributed by atoms with van der Waals surface area (Å²) in [7, 11) is 0. The zero-order valence-electron chi connectivity index (χ0n) is 13.9. The zero-order chi connectivity index (χ0) is 17.0. The molecule has 24 heavy (non-hydrogen) atoms. The topological polar surface area (TPSA) is 73.3 Å². The largest absolute Gasteiger partial charge is 0.483 e. The van der Waals surface area contributed by atoms with Gasteiger partial charge >= 0.3 is 0 Å². The lowest BCUT2D eigenvalue weighted by Gasteiger charge is -2.18. The molecule has 6 nitrogen and oxygen atoms in total. The number of aromatic nitrogens is 2. The second-order valence-electron chi connectivity index (χ2n) is 6.42. The fourth-order valence-corrected chi connectivity index (χ4v) is 2.70. The maximum absolute atomic E-state index is 11.9. The summed E-state index contributed by atoms with van der Waals surface area (Å²) in [5.41, 5.74) is 1.86. The molecule has 0 aliphatic carbocycles. The van der Waals surface area contributed by atoms with Crippen LogP contribution in [0.5, 0.6) is 11.5 Å². The number of para-hydroxylation sites is 1. The highest BCUT2D eigenvalue weighted by molar-refractivity contribution is 5.77. The average Bonchev–Trinajstić information content (AvgIpc) is 2.88. The lowest BCUT2D eigenvalue weighted by molar-refractivity contribution is -0.123. The Morgan fingerprint density at radius 3 is 2.92 bits per heavy atom. The Bertz CT molecular complexity index is 717. The van der Waals surface area contributed by atoms with Crippen LogP contribution in [-0.2, 0) is 17.6 Å². The van der Waals surface area contributed by atoms with Crippen molar-refractivity contribution in [3.05, 3.63) is 48.0 Å². The van der Waals surface area contributed by atoms with Crippen LogP contribution in [0.15, 0.2) is 36.9 Å². The molecule has 2 heterocycles. The molecule has 126 valence electrons. The summed E-state index contributed by atoms with van der Waals surface area (Å²) < 4.78 is 11.6. The molecule has 0 radical (unpaired) electrons. The molecule has 6 heteroatoms. The Kier molecular flexibility index (Phi) is 4.64. The molecule has 1 amide bonds. The van der Waals surface area contributed by atoms with E-state index >= 15 is 0 Å². The van der Waals surface area contributed by atoms with Gasteiger partial charge in [0.25, 0.3) is 5.91 Å². The van der Waals surface area contributed by atoms with Crippen molar-refractivity contribution in [1.29, 1.82) is 0 Å². The van der Waals surface area contributed by atoms with Gasteiger partial charge in [-0.25, -0.2) is 9.97 Å². The fraction of sp³-hybridized carbons (Fsp3) is 0.389. The first-order valence-corrected chi connectivity index (χ1v) is 7.98. The molecule has 1 aliphatic rings. The van der Waals surface area contributed by atoms with Gasteiger partial charge in [0.15, 0.2) is 18.1 Å². The molecular formula is C18H21N3O3. The van der Waals surface area contributed by atoms with Crippen molar-refractivity contribution in [2.24, 2.45) is 0 Å². The van der Waals surface area contributed by atoms with Gasteiger partial charge in [-0.1, -0.05) is 12.1 Å². The summed E-state index contributed by atoms with van der Waals surface area (Å²) >= 11 is 0. The minimum atomic E-state index is -0.234. The summed E-state index contributed by atoms with van der Waals surface area (Å²) in [6, 6.07) is 5.78. The van der Waals surface area contributed by atoms with Gasteiger partial charge in [0.1, 0.15) is 11.9 Å². The summed E-state index contributed by atoms with van der Waals surface area (Å²) in [6.45, 7) is 4.56. The molecule has 1 aromatic heterocycles. The molecule has 0 saturated heterocycles. The van der Waals surface area contributed by atoms with Crippen molar-refractivity contribution in [2.45, 2.75) is 32.3 Å². The molecule has 1 aromatic carbocycles. The van der Waals surface area contributed by atoms with Gasteiger partial charge in [0.2, 0.25) is 0 Å². The highest BCUT2D eigenvalue weighted by Gasteiger charge is 2.32. The Labute approximate surface area is 141 Å². The minimum absolute atomic E-state index is 0.0362. The van der Waals surface area contributed by atoms with Crippen molar-refractivity contribution in [2.75, 3.05) is 13.2 Å². The van der Waals surface area contributed by atoms with Gasteiger partial charge in [0, 0.05) is 30.9 Å². The van der Waals surface area contributed by atoms with Crippen LogP contribution in [0.3, 0.4) is 0 Å². The highest BCUT2D eigenvalue weighted by Crippen LogP contribution is 2.41. The SMILES string of the molecule is CC1(C)Cc2cccc(OCC(=O)NCCc3cncnc3)c2O1. The van der Waals surface area contributed by atoms with Gasteiger partial charge in [0.05, 0.1) is 0 Å². The summed E-state index contributed by atoms with van der Waals surface area (Å²) in [5.74, 6) is 1.20. The van der Waals surface area contributed by atoms with Crippen molar-refractivity contribution in [3.8, 4) is 11.5 Å². The van der Waals surface area contributed by atoms with Crippen molar-refractivity contribution >= 4 is 5.91 Å². The van der Waals surface area contributed by atoms with Crippen LogP contribution in [0.4, 0.5) is 0 Å². The number of nitrogens with one attached hydrogen (secondary N) is 1. The number of nitrogens with zero attached hydrogens (tertiary/aromatic N) is 2. The third-order valence-corrected chi connectivity index (χ3v) is 3.76. The smallest absolute Gasteiger partial charge is 0.257 e. The fourth-order valence-electron chi connectivity index (χ4n) is 2.70. The number of rotatable bonds is 6. The van der Waals surface area contributed by atoms with Gasteiger partial charge in [-0.15, -0.1) is 0 Å². The summed E-state index contributed by atoms with van der Waals surface area (Å²) in [4.78, 5) is 19.8. The van der Waals surface area contributed by atoms with E-state index in [0.29, 0.717) is 18.7 Å². The Hall–Kier alpha value is -2.63. The van der Waals surface area contributed by atoms with Gasteiger partial charge in [-0.2, -0.15) is 0 Å². The monoisotopic (exact) mass is 327 g/mol. The quantitative estimate of drug-likeness (QED) is 0.877. The molecule has 0 unspecified atom stereocenters. The second kappa shape index (κ2) is 6.86. The van der Waals surface area contributed by atoms with E-state index in [0.717, 1.165) is 23.3 Å². The van der Waals surface area contributed by atoms with Crippen LogP contribution < -0.4 is 14.8 Å². The summed E-state index contributed by atoms with van der Waals surface area (Å²) in [6.07, 6.45) is 6.48.